The maximum Gasteiger partial charge on any atom is 0.254 e. The van der Waals surface area contributed by atoms with Crippen LogP contribution in [-0.4, -0.2) is 51.3 Å². The van der Waals surface area contributed by atoms with Gasteiger partial charge < -0.3 is 24.0 Å². The van der Waals surface area contributed by atoms with Crippen molar-refractivity contribution in [3.8, 4) is 11.5 Å². The van der Waals surface area contributed by atoms with Crippen molar-refractivity contribution in [2.45, 2.75) is 32.0 Å². The molecule has 1 amide bonds. The van der Waals surface area contributed by atoms with Crippen LogP contribution >= 0.6 is 0 Å². The Morgan fingerprint density at radius 3 is 2.90 bits per heavy atom. The number of hydrogen-bond acceptors (Lipinski definition) is 5. The Bertz CT molecular complexity index is 1120. The molecule has 7 nitrogen and oxygen atoms in total. The lowest BCUT2D eigenvalue weighted by Gasteiger charge is -2.27. The van der Waals surface area contributed by atoms with Crippen LogP contribution in [0.3, 0.4) is 0 Å². The Balaban J connectivity index is 1.56. The number of carbonyl (C=O) groups is 1. The van der Waals surface area contributed by atoms with Gasteiger partial charge in [0.1, 0.15) is 28.9 Å². The van der Waals surface area contributed by atoms with E-state index >= 15 is 0 Å². The number of rotatable bonds is 3. The minimum Gasteiger partial charge on any atom is -0.493 e. The molecule has 1 saturated heterocycles. The minimum absolute atomic E-state index is 0.0930. The number of β-amino-alcohol motifs (C(OH)–C–C–N with tert-alkyl or cyclic N) is 1. The molecule has 1 unspecified atom stereocenters. The zero-order chi connectivity index (χ0) is 20.8. The molecule has 156 valence electrons. The van der Waals surface area contributed by atoms with Gasteiger partial charge in [-0.05, 0) is 31.5 Å². The van der Waals surface area contributed by atoms with E-state index in [0.29, 0.717) is 37.4 Å². The van der Waals surface area contributed by atoms with Gasteiger partial charge in [0.25, 0.3) is 5.91 Å². The number of imidazole rings is 1. The fraction of sp³-hybridized carbons (Fsp3) is 0.391. The molecule has 0 radical (unpaired) electrons. The number of carbonyl (C=O) groups excluding carboxylic acids is 1. The van der Waals surface area contributed by atoms with Crippen molar-refractivity contribution in [1.82, 2.24) is 14.5 Å². The van der Waals surface area contributed by atoms with Gasteiger partial charge in [-0.15, -0.1) is 0 Å². The highest BCUT2D eigenvalue weighted by atomic mass is 16.5. The molecule has 2 atom stereocenters. The molecule has 0 bridgehead atoms. The molecule has 1 aromatic heterocycles. The second-order valence-electron chi connectivity index (χ2n) is 8.04. The molecule has 0 spiro atoms. The second-order valence-corrected chi connectivity index (χ2v) is 8.04. The van der Waals surface area contributed by atoms with Crippen molar-refractivity contribution in [2.24, 2.45) is 7.05 Å². The van der Waals surface area contributed by atoms with Crippen LogP contribution in [0.5, 0.6) is 11.5 Å². The summed E-state index contributed by atoms with van der Waals surface area (Å²) in [4.78, 5) is 19.5. The average molecular weight is 407 g/mol. The Hall–Kier alpha value is -3.06. The summed E-state index contributed by atoms with van der Waals surface area (Å²) in [5.41, 5.74) is 3.16. The van der Waals surface area contributed by atoms with E-state index in [2.05, 4.69) is 4.98 Å². The van der Waals surface area contributed by atoms with Crippen LogP contribution in [0.2, 0.25) is 0 Å². The highest BCUT2D eigenvalue weighted by Crippen LogP contribution is 2.38. The van der Waals surface area contributed by atoms with Crippen molar-refractivity contribution in [1.29, 1.82) is 0 Å². The van der Waals surface area contributed by atoms with Gasteiger partial charge in [0.2, 0.25) is 0 Å². The monoisotopic (exact) mass is 407 g/mol. The summed E-state index contributed by atoms with van der Waals surface area (Å²) in [6, 6.07) is 11.5. The maximum absolute atomic E-state index is 13.1. The number of hydrogen-bond donors (Lipinski definition) is 1. The highest BCUT2D eigenvalue weighted by molar-refractivity contribution is 5.99. The summed E-state index contributed by atoms with van der Waals surface area (Å²) in [6.45, 7) is 3.44. The summed E-state index contributed by atoms with van der Waals surface area (Å²) in [6.07, 6.45) is 0.715. The number of amides is 1. The first-order valence-corrected chi connectivity index (χ1v) is 10.3. The average Bonchev–Trinajstić information content (AvgIpc) is 3.31. The van der Waals surface area contributed by atoms with Crippen LogP contribution in [0.4, 0.5) is 0 Å². The number of aliphatic hydroxyl groups excluding tert-OH is 1. The van der Waals surface area contributed by atoms with Gasteiger partial charge in [-0.1, -0.05) is 18.2 Å². The third-order valence-corrected chi connectivity index (χ3v) is 6.05. The minimum atomic E-state index is -0.453. The van der Waals surface area contributed by atoms with E-state index in [1.54, 1.807) is 11.0 Å². The van der Waals surface area contributed by atoms with Gasteiger partial charge in [-0.25, -0.2) is 4.98 Å². The van der Waals surface area contributed by atoms with Crippen LogP contribution < -0.4 is 9.47 Å². The van der Waals surface area contributed by atoms with E-state index in [-0.39, 0.29) is 12.0 Å². The number of para-hydroxylation sites is 1. The summed E-state index contributed by atoms with van der Waals surface area (Å²) >= 11 is 0. The van der Waals surface area contributed by atoms with E-state index in [1.807, 2.05) is 48.9 Å². The van der Waals surface area contributed by atoms with Crippen LogP contribution in [0, 0.1) is 6.92 Å². The number of aliphatic hydroxyl groups is 1. The van der Waals surface area contributed by atoms with E-state index in [9.17, 15) is 9.90 Å². The van der Waals surface area contributed by atoms with Crippen LogP contribution in [-0.2, 0) is 7.05 Å². The van der Waals surface area contributed by atoms with E-state index in [1.165, 1.54) is 0 Å². The van der Waals surface area contributed by atoms with E-state index < -0.39 is 6.10 Å². The zero-order valence-corrected chi connectivity index (χ0v) is 17.2. The summed E-state index contributed by atoms with van der Waals surface area (Å²) < 4.78 is 14.2. The highest BCUT2D eigenvalue weighted by Gasteiger charge is 2.28. The number of benzene rings is 2. The number of nitrogens with zero attached hydrogens (tertiary/aromatic N) is 3. The van der Waals surface area contributed by atoms with Gasteiger partial charge in [-0.2, -0.15) is 0 Å². The van der Waals surface area contributed by atoms with Gasteiger partial charge in [-0.3, -0.25) is 4.79 Å². The largest absolute Gasteiger partial charge is 0.493 e. The molecule has 3 heterocycles. The first-order valence-electron chi connectivity index (χ1n) is 10.3. The quantitative estimate of drug-likeness (QED) is 0.722. The SMILES string of the molecule is Cc1nc2c(OC3CCOc4ccccc43)cc(C(=O)N3CC[C@H](O)C3)cc2n1C. The van der Waals surface area contributed by atoms with Gasteiger partial charge in [0.05, 0.1) is 18.2 Å². The number of ether oxygens (including phenoxy) is 2. The lowest BCUT2D eigenvalue weighted by atomic mass is 10.0. The Labute approximate surface area is 174 Å². The third-order valence-electron chi connectivity index (χ3n) is 6.05. The fourth-order valence-corrected chi connectivity index (χ4v) is 4.28. The summed E-state index contributed by atoms with van der Waals surface area (Å²) in [5, 5.41) is 9.83. The van der Waals surface area contributed by atoms with Crippen LogP contribution in [0.1, 0.15) is 40.7 Å². The molecule has 30 heavy (non-hydrogen) atoms. The van der Waals surface area contributed by atoms with E-state index in [0.717, 1.165) is 34.6 Å². The summed E-state index contributed by atoms with van der Waals surface area (Å²) in [7, 11) is 1.94. The molecule has 2 aromatic carbocycles. The maximum atomic E-state index is 13.1. The Morgan fingerprint density at radius 2 is 2.10 bits per heavy atom. The number of fused-ring (bicyclic) bond motifs is 2. The molecule has 1 N–H and O–H groups in total. The van der Waals surface area contributed by atoms with Gasteiger partial charge in [0.15, 0.2) is 0 Å². The molecule has 0 aliphatic carbocycles. The predicted octanol–water partition coefficient (Wildman–Crippen LogP) is 2.99. The first kappa shape index (κ1) is 18.9. The van der Waals surface area contributed by atoms with Crippen LogP contribution in [0.15, 0.2) is 36.4 Å². The van der Waals surface area contributed by atoms with Crippen molar-refractivity contribution in [3.05, 3.63) is 53.3 Å². The van der Waals surface area contributed by atoms with E-state index in [4.69, 9.17) is 9.47 Å². The van der Waals surface area contributed by atoms with Crippen molar-refractivity contribution in [3.63, 3.8) is 0 Å². The molecule has 1 fully saturated rings. The van der Waals surface area contributed by atoms with Gasteiger partial charge in [0, 0.05) is 37.7 Å². The molecular weight excluding hydrogens is 382 g/mol. The lowest BCUT2D eigenvalue weighted by molar-refractivity contribution is 0.0764. The smallest absolute Gasteiger partial charge is 0.254 e. The van der Waals surface area contributed by atoms with Crippen LogP contribution in [0.25, 0.3) is 11.0 Å². The molecule has 3 aromatic rings. The van der Waals surface area contributed by atoms with Crippen molar-refractivity contribution >= 4 is 16.9 Å². The van der Waals surface area contributed by atoms with Crippen molar-refractivity contribution < 1.29 is 19.4 Å². The third kappa shape index (κ3) is 3.19. The predicted molar refractivity (Wildman–Crippen MR) is 112 cm³/mol. The molecule has 7 heteroatoms. The second kappa shape index (κ2) is 7.32. The lowest BCUT2D eigenvalue weighted by Crippen LogP contribution is -2.29. The fourth-order valence-electron chi connectivity index (χ4n) is 4.28. The normalized spacial score (nSPS) is 20.8. The molecule has 2 aliphatic rings. The molecule has 0 saturated carbocycles. The Morgan fingerprint density at radius 1 is 1.27 bits per heavy atom. The topological polar surface area (TPSA) is 76.8 Å². The van der Waals surface area contributed by atoms with Crippen molar-refractivity contribution in [2.75, 3.05) is 19.7 Å². The Kier molecular flexibility index (Phi) is 4.62. The first-order chi connectivity index (χ1) is 14.5. The van der Waals surface area contributed by atoms with Gasteiger partial charge >= 0.3 is 0 Å². The number of aromatic nitrogens is 2. The number of likely N-dealkylation sites (tertiary alicyclic amines) is 1. The molecular formula is C23H25N3O4. The molecule has 2 aliphatic heterocycles. The standard InChI is InChI=1S/C23H25N3O4/c1-14-24-22-18(25(14)2)11-15(23(28)26-9-7-16(27)13-26)12-21(22)30-20-8-10-29-19-6-4-3-5-17(19)20/h3-6,11-12,16,20,27H,7-10,13H2,1-2H3/t16-,20?/m0/s1. The summed E-state index contributed by atoms with van der Waals surface area (Å²) in [5.74, 6) is 2.19. The zero-order valence-electron chi connectivity index (χ0n) is 17.2. The number of aryl methyl sites for hydroxylation is 2. The molecule has 5 rings (SSSR count).